The summed E-state index contributed by atoms with van der Waals surface area (Å²) in [7, 11) is -1.57. The fraction of sp³-hybridized carbons (Fsp3) is 0.727. The molecule has 1 aliphatic carbocycles. The quantitative estimate of drug-likeness (QED) is 0.812. The molecule has 2 rings (SSSR count). The summed E-state index contributed by atoms with van der Waals surface area (Å²) in [5.41, 5.74) is 0.818. The van der Waals surface area contributed by atoms with Crippen molar-refractivity contribution in [2.45, 2.75) is 32.4 Å². The molecule has 0 radical (unpaired) electrons. The SMILES string of the molecule is Cc1nc(CN(C)S(=O)(=O)CCNC2CC2)cs1. The van der Waals surface area contributed by atoms with Crippen molar-refractivity contribution in [3.8, 4) is 0 Å². The predicted molar refractivity (Wildman–Crippen MR) is 73.1 cm³/mol. The maximum Gasteiger partial charge on any atom is 0.215 e. The molecular weight excluding hydrogens is 270 g/mol. The lowest BCUT2D eigenvalue weighted by atomic mass is 10.5. The molecule has 0 bridgehead atoms. The Morgan fingerprint density at radius 1 is 1.56 bits per heavy atom. The molecule has 1 aromatic heterocycles. The average Bonchev–Trinajstić information content (AvgIpc) is 3.02. The molecule has 0 amide bonds. The molecule has 0 aliphatic heterocycles. The van der Waals surface area contributed by atoms with Crippen LogP contribution in [0.1, 0.15) is 23.5 Å². The van der Waals surface area contributed by atoms with E-state index in [0.717, 1.165) is 10.7 Å². The van der Waals surface area contributed by atoms with E-state index in [9.17, 15) is 8.42 Å². The van der Waals surface area contributed by atoms with E-state index in [-0.39, 0.29) is 5.75 Å². The zero-order chi connectivity index (χ0) is 13.2. The molecule has 1 heterocycles. The first kappa shape index (κ1) is 13.9. The van der Waals surface area contributed by atoms with E-state index in [1.807, 2.05) is 12.3 Å². The third-order valence-corrected chi connectivity index (χ3v) is 5.52. The highest BCUT2D eigenvalue weighted by Crippen LogP contribution is 2.18. The van der Waals surface area contributed by atoms with Gasteiger partial charge in [-0.15, -0.1) is 11.3 Å². The van der Waals surface area contributed by atoms with Gasteiger partial charge in [-0.2, -0.15) is 4.31 Å². The lowest BCUT2D eigenvalue weighted by Crippen LogP contribution is -2.34. The van der Waals surface area contributed by atoms with Crippen LogP contribution in [-0.4, -0.2) is 43.1 Å². The molecule has 1 N–H and O–H groups in total. The number of rotatable bonds is 7. The van der Waals surface area contributed by atoms with E-state index in [1.54, 1.807) is 18.4 Å². The summed E-state index contributed by atoms with van der Waals surface area (Å²) in [6.45, 7) is 2.81. The first-order valence-electron chi connectivity index (χ1n) is 6.06. The Bertz CT molecular complexity index is 494. The van der Waals surface area contributed by atoms with Crippen LogP contribution in [0.25, 0.3) is 0 Å². The molecule has 102 valence electrons. The van der Waals surface area contributed by atoms with Crippen LogP contribution in [-0.2, 0) is 16.6 Å². The number of hydrogen-bond donors (Lipinski definition) is 1. The molecule has 1 aliphatic rings. The van der Waals surface area contributed by atoms with Gasteiger partial charge < -0.3 is 5.32 Å². The smallest absolute Gasteiger partial charge is 0.215 e. The molecule has 0 saturated heterocycles. The maximum atomic E-state index is 12.0. The van der Waals surface area contributed by atoms with Gasteiger partial charge in [0.25, 0.3) is 0 Å². The van der Waals surface area contributed by atoms with Gasteiger partial charge in [0.15, 0.2) is 0 Å². The first-order chi connectivity index (χ1) is 8.47. The van der Waals surface area contributed by atoms with Gasteiger partial charge in [0, 0.05) is 25.0 Å². The van der Waals surface area contributed by atoms with Crippen LogP contribution < -0.4 is 5.32 Å². The van der Waals surface area contributed by atoms with Crippen LogP contribution in [0.15, 0.2) is 5.38 Å². The fourth-order valence-corrected chi connectivity index (χ4v) is 3.26. The molecule has 1 aromatic rings. The summed E-state index contributed by atoms with van der Waals surface area (Å²) in [4.78, 5) is 4.28. The molecule has 1 saturated carbocycles. The highest BCUT2D eigenvalue weighted by Gasteiger charge is 2.23. The van der Waals surface area contributed by atoms with Crippen molar-refractivity contribution in [1.82, 2.24) is 14.6 Å². The molecule has 0 spiro atoms. The normalized spacial score (nSPS) is 16.4. The largest absolute Gasteiger partial charge is 0.313 e. The molecule has 0 atom stereocenters. The van der Waals surface area contributed by atoms with Gasteiger partial charge in [0.05, 0.1) is 23.0 Å². The monoisotopic (exact) mass is 289 g/mol. The van der Waals surface area contributed by atoms with Crippen molar-refractivity contribution in [1.29, 1.82) is 0 Å². The van der Waals surface area contributed by atoms with Crippen LogP contribution >= 0.6 is 11.3 Å². The molecule has 5 nitrogen and oxygen atoms in total. The predicted octanol–water partition coefficient (Wildman–Crippen LogP) is 0.965. The van der Waals surface area contributed by atoms with Crippen LogP contribution in [0.4, 0.5) is 0 Å². The fourth-order valence-electron chi connectivity index (χ4n) is 1.64. The Balaban J connectivity index is 1.83. The van der Waals surface area contributed by atoms with Gasteiger partial charge in [0.2, 0.25) is 10.0 Å². The van der Waals surface area contributed by atoms with Crippen molar-refractivity contribution < 1.29 is 8.42 Å². The summed E-state index contributed by atoms with van der Waals surface area (Å²) >= 11 is 1.54. The Morgan fingerprint density at radius 3 is 2.83 bits per heavy atom. The number of thiazole rings is 1. The lowest BCUT2D eigenvalue weighted by molar-refractivity contribution is 0.461. The standard InChI is InChI=1S/C11H19N3O2S2/c1-9-13-11(8-17-9)7-14(2)18(15,16)6-5-12-10-3-4-10/h8,10,12H,3-7H2,1-2H3. The Labute approximate surface area is 112 Å². The summed E-state index contributed by atoms with van der Waals surface area (Å²) in [6, 6.07) is 0.548. The van der Waals surface area contributed by atoms with E-state index in [0.29, 0.717) is 19.1 Å². The van der Waals surface area contributed by atoms with Crippen molar-refractivity contribution >= 4 is 21.4 Å². The topological polar surface area (TPSA) is 62.3 Å². The second-order valence-electron chi connectivity index (χ2n) is 4.66. The van der Waals surface area contributed by atoms with E-state index in [4.69, 9.17) is 0 Å². The van der Waals surface area contributed by atoms with Crippen molar-refractivity contribution in [2.75, 3.05) is 19.3 Å². The van der Waals surface area contributed by atoms with Gasteiger partial charge in [-0.1, -0.05) is 0 Å². The molecule has 1 fully saturated rings. The highest BCUT2D eigenvalue weighted by atomic mass is 32.2. The minimum absolute atomic E-state index is 0.156. The van der Waals surface area contributed by atoms with Gasteiger partial charge >= 0.3 is 0 Å². The van der Waals surface area contributed by atoms with Gasteiger partial charge in [-0.25, -0.2) is 13.4 Å². The van der Waals surface area contributed by atoms with Crippen LogP contribution in [0, 0.1) is 6.92 Å². The second-order valence-corrected chi connectivity index (χ2v) is 7.92. The van der Waals surface area contributed by atoms with Gasteiger partial charge in [-0.05, 0) is 19.8 Å². The highest BCUT2D eigenvalue weighted by molar-refractivity contribution is 7.89. The zero-order valence-electron chi connectivity index (χ0n) is 10.7. The molecular formula is C11H19N3O2S2. The molecule has 0 aromatic carbocycles. The third kappa shape index (κ3) is 4.01. The summed E-state index contributed by atoms with van der Waals surface area (Å²) in [5.74, 6) is 0.156. The Morgan fingerprint density at radius 2 is 2.28 bits per heavy atom. The number of nitrogens with zero attached hydrogens (tertiary/aromatic N) is 2. The molecule has 18 heavy (non-hydrogen) atoms. The maximum absolute atomic E-state index is 12.0. The van der Waals surface area contributed by atoms with E-state index < -0.39 is 10.0 Å². The minimum Gasteiger partial charge on any atom is -0.313 e. The third-order valence-electron chi connectivity index (χ3n) is 2.90. The summed E-state index contributed by atoms with van der Waals surface area (Å²) in [6.07, 6.45) is 2.35. The van der Waals surface area contributed by atoms with Crippen molar-refractivity contribution in [3.63, 3.8) is 0 Å². The van der Waals surface area contributed by atoms with Crippen molar-refractivity contribution in [3.05, 3.63) is 16.1 Å². The number of sulfonamides is 1. The second kappa shape index (κ2) is 5.64. The van der Waals surface area contributed by atoms with Crippen molar-refractivity contribution in [2.24, 2.45) is 0 Å². The summed E-state index contributed by atoms with van der Waals surface area (Å²) < 4.78 is 25.4. The average molecular weight is 289 g/mol. The number of nitrogens with one attached hydrogen (secondary N) is 1. The summed E-state index contributed by atoms with van der Waals surface area (Å²) in [5, 5.41) is 6.09. The minimum atomic E-state index is -3.18. The zero-order valence-corrected chi connectivity index (χ0v) is 12.4. The van der Waals surface area contributed by atoms with Gasteiger partial charge in [-0.3, -0.25) is 0 Å². The van der Waals surface area contributed by atoms with E-state index >= 15 is 0 Å². The van der Waals surface area contributed by atoms with Crippen LogP contribution in [0.3, 0.4) is 0 Å². The Hall–Kier alpha value is -0.500. The van der Waals surface area contributed by atoms with E-state index in [1.165, 1.54) is 17.1 Å². The number of aryl methyl sites for hydroxylation is 1. The van der Waals surface area contributed by atoms with Gasteiger partial charge in [0.1, 0.15) is 0 Å². The number of hydrogen-bond acceptors (Lipinski definition) is 5. The lowest BCUT2D eigenvalue weighted by Gasteiger charge is -2.16. The number of aromatic nitrogens is 1. The van der Waals surface area contributed by atoms with E-state index in [2.05, 4.69) is 10.3 Å². The molecule has 0 unspecified atom stereocenters. The molecule has 7 heteroatoms. The van der Waals surface area contributed by atoms with Crippen LogP contribution in [0.2, 0.25) is 0 Å². The first-order valence-corrected chi connectivity index (χ1v) is 8.54. The van der Waals surface area contributed by atoms with Crippen LogP contribution in [0.5, 0.6) is 0 Å². The Kier molecular flexibility index (Phi) is 4.37.